The molecule has 0 fully saturated rings. The average molecular weight is 302 g/mol. The second-order valence-electron chi connectivity index (χ2n) is 4.05. The van der Waals surface area contributed by atoms with Crippen LogP contribution >= 0.6 is 11.6 Å². The molecule has 0 unspecified atom stereocenters. The first-order valence-corrected chi connectivity index (χ1v) is 6.06. The lowest BCUT2D eigenvalue weighted by Crippen LogP contribution is -2.04. The molecule has 2 rings (SSSR count). The van der Waals surface area contributed by atoms with E-state index in [-0.39, 0.29) is 0 Å². The molecule has 0 aliphatic carbocycles. The number of halogens is 4. The van der Waals surface area contributed by atoms with E-state index in [1.165, 1.54) is 19.2 Å². The Morgan fingerprint density at radius 1 is 1.00 bits per heavy atom. The molecule has 2 aromatic rings. The van der Waals surface area contributed by atoms with Gasteiger partial charge in [-0.3, -0.25) is 0 Å². The monoisotopic (exact) mass is 301 g/mol. The lowest BCUT2D eigenvalue weighted by atomic mass is 10.2. The van der Waals surface area contributed by atoms with Gasteiger partial charge in [0, 0.05) is 17.4 Å². The minimum atomic E-state index is -4.33. The van der Waals surface area contributed by atoms with Gasteiger partial charge in [-0.05, 0) is 36.4 Å². The van der Waals surface area contributed by atoms with E-state index in [1.54, 1.807) is 18.2 Å². The zero-order valence-electron chi connectivity index (χ0n) is 10.5. The maximum atomic E-state index is 12.4. The molecular weight excluding hydrogens is 291 g/mol. The van der Waals surface area contributed by atoms with Crippen molar-refractivity contribution in [1.82, 2.24) is 0 Å². The third-order valence-electron chi connectivity index (χ3n) is 2.65. The second-order valence-corrected chi connectivity index (χ2v) is 4.46. The van der Waals surface area contributed by atoms with E-state index in [1.807, 2.05) is 0 Å². The van der Waals surface area contributed by atoms with E-state index >= 15 is 0 Å². The Labute approximate surface area is 119 Å². The molecule has 2 aromatic carbocycles. The Kier molecular flexibility index (Phi) is 4.09. The minimum absolute atomic E-state index is 0.463. The summed E-state index contributed by atoms with van der Waals surface area (Å²) in [4.78, 5) is 0. The summed E-state index contributed by atoms with van der Waals surface area (Å²) < 4.78 is 42.4. The largest absolute Gasteiger partial charge is 0.495 e. The number of ether oxygens (including phenoxy) is 1. The summed E-state index contributed by atoms with van der Waals surface area (Å²) in [5, 5.41) is 3.44. The molecule has 0 saturated carbocycles. The SMILES string of the molecule is COc1cc(Nc2ccc(C(F)(F)F)cc2)ccc1Cl. The van der Waals surface area contributed by atoms with Crippen molar-refractivity contribution in [2.24, 2.45) is 0 Å². The molecule has 0 heterocycles. The molecule has 0 radical (unpaired) electrons. The zero-order chi connectivity index (χ0) is 14.8. The van der Waals surface area contributed by atoms with Crippen molar-refractivity contribution >= 4 is 23.0 Å². The molecule has 0 atom stereocenters. The summed E-state index contributed by atoms with van der Waals surface area (Å²) in [6, 6.07) is 9.80. The average Bonchev–Trinajstić information content (AvgIpc) is 2.40. The molecule has 1 N–H and O–H groups in total. The fourth-order valence-corrected chi connectivity index (χ4v) is 1.84. The Bertz CT molecular complexity index is 596. The van der Waals surface area contributed by atoms with Crippen LogP contribution in [0.3, 0.4) is 0 Å². The number of hydrogen-bond acceptors (Lipinski definition) is 2. The Morgan fingerprint density at radius 2 is 1.60 bits per heavy atom. The Morgan fingerprint density at radius 3 is 2.15 bits per heavy atom. The summed E-state index contributed by atoms with van der Waals surface area (Å²) >= 11 is 5.89. The highest BCUT2D eigenvalue weighted by molar-refractivity contribution is 6.32. The van der Waals surface area contributed by atoms with Gasteiger partial charge < -0.3 is 10.1 Å². The third kappa shape index (κ3) is 3.36. The Balaban J connectivity index is 2.18. The number of alkyl halides is 3. The fourth-order valence-electron chi connectivity index (χ4n) is 1.65. The molecule has 0 bridgehead atoms. The summed E-state index contributed by atoms with van der Waals surface area (Å²) in [5.74, 6) is 0.489. The van der Waals surface area contributed by atoms with Gasteiger partial charge in [0.1, 0.15) is 5.75 Å². The smallest absolute Gasteiger partial charge is 0.416 e. The number of anilines is 2. The van der Waals surface area contributed by atoms with Gasteiger partial charge in [-0.15, -0.1) is 0 Å². The highest BCUT2D eigenvalue weighted by Crippen LogP contribution is 2.32. The molecule has 2 nitrogen and oxygen atoms in total. The summed E-state index contributed by atoms with van der Waals surface area (Å²) in [5.41, 5.74) is 0.533. The molecule has 106 valence electrons. The van der Waals surface area contributed by atoms with Crippen molar-refractivity contribution < 1.29 is 17.9 Å². The van der Waals surface area contributed by atoms with E-state index < -0.39 is 11.7 Å². The highest BCUT2D eigenvalue weighted by atomic mass is 35.5. The van der Waals surface area contributed by atoms with Crippen molar-refractivity contribution in [3.63, 3.8) is 0 Å². The van der Waals surface area contributed by atoms with Gasteiger partial charge in [-0.25, -0.2) is 0 Å². The van der Waals surface area contributed by atoms with Crippen LogP contribution in [0.5, 0.6) is 5.75 Å². The Hall–Kier alpha value is -1.88. The lowest BCUT2D eigenvalue weighted by molar-refractivity contribution is -0.137. The number of benzene rings is 2. The quantitative estimate of drug-likeness (QED) is 0.850. The van der Waals surface area contributed by atoms with Crippen molar-refractivity contribution in [2.75, 3.05) is 12.4 Å². The zero-order valence-corrected chi connectivity index (χ0v) is 11.2. The fraction of sp³-hybridized carbons (Fsp3) is 0.143. The lowest BCUT2D eigenvalue weighted by Gasteiger charge is -2.11. The normalized spacial score (nSPS) is 11.2. The molecule has 20 heavy (non-hydrogen) atoms. The first kappa shape index (κ1) is 14.5. The van der Waals surface area contributed by atoms with E-state index in [4.69, 9.17) is 16.3 Å². The van der Waals surface area contributed by atoms with Crippen LogP contribution in [0.2, 0.25) is 5.02 Å². The van der Waals surface area contributed by atoms with Gasteiger partial charge >= 0.3 is 6.18 Å². The van der Waals surface area contributed by atoms with Gasteiger partial charge in [-0.1, -0.05) is 11.6 Å². The number of rotatable bonds is 3. The number of hydrogen-bond donors (Lipinski definition) is 1. The molecule has 0 spiro atoms. The van der Waals surface area contributed by atoms with Gasteiger partial charge in [0.05, 0.1) is 17.7 Å². The molecule has 0 amide bonds. The van der Waals surface area contributed by atoms with Crippen molar-refractivity contribution in [1.29, 1.82) is 0 Å². The van der Waals surface area contributed by atoms with Crippen molar-refractivity contribution in [3.05, 3.63) is 53.1 Å². The van der Waals surface area contributed by atoms with Crippen LogP contribution in [0.1, 0.15) is 5.56 Å². The van der Waals surface area contributed by atoms with Gasteiger partial charge in [0.25, 0.3) is 0 Å². The second kappa shape index (κ2) is 5.63. The first-order valence-electron chi connectivity index (χ1n) is 5.68. The molecular formula is C14H11ClF3NO. The molecule has 0 aliphatic rings. The van der Waals surface area contributed by atoms with E-state index in [2.05, 4.69) is 5.32 Å². The van der Waals surface area contributed by atoms with Crippen LogP contribution in [-0.2, 0) is 6.18 Å². The van der Waals surface area contributed by atoms with E-state index in [9.17, 15) is 13.2 Å². The summed E-state index contributed by atoms with van der Waals surface area (Å²) in [7, 11) is 1.49. The maximum absolute atomic E-state index is 12.4. The summed E-state index contributed by atoms with van der Waals surface area (Å²) in [6.07, 6.45) is -4.33. The molecule has 6 heteroatoms. The maximum Gasteiger partial charge on any atom is 0.416 e. The summed E-state index contributed by atoms with van der Waals surface area (Å²) in [6.45, 7) is 0. The number of methoxy groups -OCH3 is 1. The van der Waals surface area contributed by atoms with Crippen molar-refractivity contribution in [3.8, 4) is 5.75 Å². The third-order valence-corrected chi connectivity index (χ3v) is 2.96. The van der Waals surface area contributed by atoms with Crippen LogP contribution in [0.25, 0.3) is 0 Å². The van der Waals surface area contributed by atoms with Gasteiger partial charge in [0.15, 0.2) is 0 Å². The first-order chi connectivity index (χ1) is 9.40. The number of nitrogens with one attached hydrogen (secondary N) is 1. The van der Waals surface area contributed by atoms with Crippen LogP contribution in [0, 0.1) is 0 Å². The van der Waals surface area contributed by atoms with Crippen LogP contribution in [-0.4, -0.2) is 7.11 Å². The van der Waals surface area contributed by atoms with E-state index in [0.717, 1.165) is 12.1 Å². The highest BCUT2D eigenvalue weighted by Gasteiger charge is 2.29. The van der Waals surface area contributed by atoms with Crippen LogP contribution < -0.4 is 10.1 Å². The predicted molar refractivity (Wildman–Crippen MR) is 72.7 cm³/mol. The molecule has 0 aromatic heterocycles. The molecule has 0 aliphatic heterocycles. The van der Waals surface area contributed by atoms with Gasteiger partial charge in [0.2, 0.25) is 0 Å². The van der Waals surface area contributed by atoms with Gasteiger partial charge in [-0.2, -0.15) is 13.2 Å². The topological polar surface area (TPSA) is 21.3 Å². The predicted octanol–water partition coefficient (Wildman–Crippen LogP) is 5.11. The van der Waals surface area contributed by atoms with Crippen molar-refractivity contribution in [2.45, 2.75) is 6.18 Å². The van der Waals surface area contributed by atoms with Crippen LogP contribution in [0.4, 0.5) is 24.5 Å². The van der Waals surface area contributed by atoms with E-state index in [0.29, 0.717) is 22.1 Å². The van der Waals surface area contributed by atoms with Crippen LogP contribution in [0.15, 0.2) is 42.5 Å². The standard InChI is InChI=1S/C14H11ClF3NO/c1-20-13-8-11(6-7-12(13)15)19-10-4-2-9(3-5-10)14(16,17)18/h2-8,19H,1H3. The minimum Gasteiger partial charge on any atom is -0.495 e. The molecule has 0 saturated heterocycles.